The number of hydrogen-bond donors (Lipinski definition) is 3. The minimum absolute atomic E-state index is 0. The number of nitrogens with one attached hydrogen (secondary N) is 2. The smallest absolute Gasteiger partial charge is 0.191 e. The molecule has 0 bridgehead atoms. The molecule has 2 rings (SSSR count). The molecule has 1 saturated heterocycles. The van der Waals surface area contributed by atoms with Gasteiger partial charge < -0.3 is 25.2 Å². The van der Waals surface area contributed by atoms with E-state index >= 15 is 0 Å². The molecule has 1 aliphatic heterocycles. The Labute approximate surface area is 198 Å². The Morgan fingerprint density at radius 2 is 1.93 bits per heavy atom. The molecule has 0 aromatic heterocycles. The number of aliphatic hydroxyl groups is 1. The Bertz CT molecular complexity index is 619. The summed E-state index contributed by atoms with van der Waals surface area (Å²) < 4.78 is 10.6. The van der Waals surface area contributed by atoms with E-state index in [0.717, 1.165) is 57.5 Å². The molecule has 3 N–H and O–H groups in total. The Morgan fingerprint density at radius 3 is 2.53 bits per heavy atom. The first kappa shape index (κ1) is 26.9. The number of ether oxygens (including phenoxy) is 2. The van der Waals surface area contributed by atoms with Crippen LogP contribution in [0, 0.1) is 0 Å². The van der Waals surface area contributed by atoms with Crippen molar-refractivity contribution in [3.8, 4) is 5.75 Å². The van der Waals surface area contributed by atoms with E-state index in [0.29, 0.717) is 19.0 Å². The van der Waals surface area contributed by atoms with Gasteiger partial charge in [0.25, 0.3) is 0 Å². The van der Waals surface area contributed by atoms with Crippen molar-refractivity contribution in [1.29, 1.82) is 0 Å². The first-order chi connectivity index (χ1) is 13.9. The molecule has 7 nitrogen and oxygen atoms in total. The van der Waals surface area contributed by atoms with Gasteiger partial charge in [-0.1, -0.05) is 19.1 Å². The number of guanidine groups is 1. The summed E-state index contributed by atoms with van der Waals surface area (Å²) in [7, 11) is 1.68. The fraction of sp³-hybridized carbons (Fsp3) is 0.682. The van der Waals surface area contributed by atoms with Gasteiger partial charge in [-0.25, -0.2) is 0 Å². The lowest BCUT2D eigenvalue weighted by molar-refractivity contribution is -0.0179. The van der Waals surface area contributed by atoms with Crippen molar-refractivity contribution in [3.63, 3.8) is 0 Å². The Morgan fingerprint density at radius 1 is 1.27 bits per heavy atom. The molecule has 172 valence electrons. The van der Waals surface area contributed by atoms with Crippen LogP contribution in [0.4, 0.5) is 0 Å². The third-order valence-electron chi connectivity index (χ3n) is 5.14. The minimum atomic E-state index is -0.865. The Balaban J connectivity index is 0.00000450. The maximum atomic E-state index is 10.7. The second-order valence-corrected chi connectivity index (χ2v) is 7.97. The molecule has 1 aromatic rings. The van der Waals surface area contributed by atoms with Crippen molar-refractivity contribution in [2.75, 3.05) is 59.6 Å². The molecule has 1 aliphatic rings. The molecular formula is C22H39IN4O3. The van der Waals surface area contributed by atoms with Crippen LogP contribution in [0.25, 0.3) is 0 Å². The van der Waals surface area contributed by atoms with Gasteiger partial charge in [0.1, 0.15) is 5.75 Å². The number of methoxy groups -OCH3 is 1. The van der Waals surface area contributed by atoms with Crippen LogP contribution >= 0.6 is 24.0 Å². The summed E-state index contributed by atoms with van der Waals surface area (Å²) in [5, 5.41) is 17.4. The third kappa shape index (κ3) is 9.80. The van der Waals surface area contributed by atoms with Crippen molar-refractivity contribution in [2.45, 2.75) is 38.7 Å². The van der Waals surface area contributed by atoms with Crippen LogP contribution in [-0.4, -0.2) is 81.2 Å². The van der Waals surface area contributed by atoms with Gasteiger partial charge in [0.05, 0.1) is 32.5 Å². The van der Waals surface area contributed by atoms with Crippen LogP contribution in [-0.2, 0) is 4.74 Å². The summed E-state index contributed by atoms with van der Waals surface area (Å²) in [6, 6.07) is 8.24. The third-order valence-corrected chi connectivity index (χ3v) is 5.14. The number of rotatable bonds is 10. The van der Waals surface area contributed by atoms with Gasteiger partial charge in [0.15, 0.2) is 5.96 Å². The fourth-order valence-electron chi connectivity index (χ4n) is 3.39. The van der Waals surface area contributed by atoms with E-state index in [1.165, 1.54) is 5.56 Å². The van der Waals surface area contributed by atoms with Crippen molar-refractivity contribution in [3.05, 3.63) is 29.8 Å². The highest BCUT2D eigenvalue weighted by atomic mass is 127. The van der Waals surface area contributed by atoms with E-state index in [1.807, 2.05) is 26.0 Å². The first-order valence-electron chi connectivity index (χ1n) is 10.6. The van der Waals surface area contributed by atoms with Crippen LogP contribution in [0.15, 0.2) is 29.3 Å². The highest BCUT2D eigenvalue weighted by Gasteiger charge is 2.25. The van der Waals surface area contributed by atoms with Crippen molar-refractivity contribution in [1.82, 2.24) is 15.5 Å². The van der Waals surface area contributed by atoms with E-state index < -0.39 is 5.60 Å². The molecule has 30 heavy (non-hydrogen) atoms. The Hall–Kier alpha value is -1.10. The average molecular weight is 534 g/mol. The normalized spacial score (nSPS) is 18.1. The minimum Gasteiger partial charge on any atom is -0.497 e. The monoisotopic (exact) mass is 534 g/mol. The second kappa shape index (κ2) is 14.1. The molecule has 1 aromatic carbocycles. The predicted octanol–water partition coefficient (Wildman–Crippen LogP) is 2.45. The van der Waals surface area contributed by atoms with Crippen LogP contribution < -0.4 is 15.4 Å². The van der Waals surface area contributed by atoms with Gasteiger partial charge in [0.2, 0.25) is 0 Å². The van der Waals surface area contributed by atoms with E-state index in [1.54, 1.807) is 7.11 Å². The molecule has 2 atom stereocenters. The summed E-state index contributed by atoms with van der Waals surface area (Å²) in [5.41, 5.74) is 0.429. The molecule has 0 aliphatic carbocycles. The van der Waals surface area contributed by atoms with Gasteiger partial charge >= 0.3 is 0 Å². The van der Waals surface area contributed by atoms with Crippen LogP contribution in [0.3, 0.4) is 0 Å². The SMILES string of the molecule is CCNC(=NCC(C)(O)CN1CCOCC1)NCCC(C)c1ccc(OC)cc1.I. The quantitative estimate of drug-likeness (QED) is 0.243. The molecule has 0 saturated carbocycles. The van der Waals surface area contributed by atoms with E-state index in [4.69, 9.17) is 9.47 Å². The molecule has 1 heterocycles. The van der Waals surface area contributed by atoms with Crippen LogP contribution in [0.5, 0.6) is 5.75 Å². The zero-order chi connectivity index (χ0) is 21.1. The summed E-state index contributed by atoms with van der Waals surface area (Å²) in [6.07, 6.45) is 0.987. The predicted molar refractivity (Wildman–Crippen MR) is 133 cm³/mol. The lowest BCUT2D eigenvalue weighted by Crippen LogP contribution is -2.48. The molecular weight excluding hydrogens is 495 g/mol. The maximum absolute atomic E-state index is 10.7. The van der Waals surface area contributed by atoms with Crippen LogP contribution in [0.1, 0.15) is 38.7 Å². The average Bonchev–Trinajstić information content (AvgIpc) is 2.72. The number of halogens is 1. The molecule has 0 radical (unpaired) electrons. The summed E-state index contributed by atoms with van der Waals surface area (Å²) >= 11 is 0. The summed E-state index contributed by atoms with van der Waals surface area (Å²) in [4.78, 5) is 6.84. The van der Waals surface area contributed by atoms with E-state index in [2.05, 4.69) is 39.6 Å². The van der Waals surface area contributed by atoms with Crippen LogP contribution in [0.2, 0.25) is 0 Å². The van der Waals surface area contributed by atoms with Gasteiger partial charge in [-0.2, -0.15) is 0 Å². The number of β-amino-alcohol motifs (C(OH)–C–C–N with tert-alkyl or cyclic N) is 1. The van der Waals surface area contributed by atoms with E-state index in [-0.39, 0.29) is 24.0 Å². The fourth-order valence-corrected chi connectivity index (χ4v) is 3.39. The summed E-state index contributed by atoms with van der Waals surface area (Å²) in [5.74, 6) is 2.06. The van der Waals surface area contributed by atoms with Crippen molar-refractivity contribution < 1.29 is 14.6 Å². The van der Waals surface area contributed by atoms with Crippen molar-refractivity contribution in [2.24, 2.45) is 4.99 Å². The van der Waals surface area contributed by atoms with Gasteiger partial charge in [0, 0.05) is 32.7 Å². The topological polar surface area (TPSA) is 78.4 Å². The zero-order valence-corrected chi connectivity index (χ0v) is 21.1. The molecule has 0 spiro atoms. The standard InChI is InChI=1S/C22H38N4O3.HI/c1-5-23-21(25-16-22(3,27)17-26-12-14-29-15-13-26)24-11-10-18(2)19-6-8-20(28-4)9-7-19;/h6-9,18,27H,5,10-17H2,1-4H3,(H2,23,24,25);1H. The molecule has 8 heteroatoms. The maximum Gasteiger partial charge on any atom is 0.191 e. The second-order valence-electron chi connectivity index (χ2n) is 7.97. The largest absolute Gasteiger partial charge is 0.497 e. The van der Waals surface area contributed by atoms with E-state index in [9.17, 15) is 5.11 Å². The van der Waals surface area contributed by atoms with Crippen molar-refractivity contribution >= 4 is 29.9 Å². The highest BCUT2D eigenvalue weighted by molar-refractivity contribution is 14.0. The highest BCUT2D eigenvalue weighted by Crippen LogP contribution is 2.21. The first-order valence-corrected chi connectivity index (χ1v) is 10.6. The number of morpholine rings is 1. The summed E-state index contributed by atoms with van der Waals surface area (Å²) in [6.45, 7) is 11.9. The molecule has 1 fully saturated rings. The molecule has 2 unspecified atom stereocenters. The van der Waals surface area contributed by atoms with Gasteiger partial charge in [-0.15, -0.1) is 24.0 Å². The molecule has 0 amide bonds. The lowest BCUT2D eigenvalue weighted by Gasteiger charge is -2.33. The van der Waals surface area contributed by atoms with Gasteiger partial charge in [-0.3, -0.25) is 9.89 Å². The number of benzene rings is 1. The number of nitrogens with zero attached hydrogens (tertiary/aromatic N) is 2. The van der Waals surface area contributed by atoms with Gasteiger partial charge in [-0.05, 0) is 43.9 Å². The Kier molecular flexibility index (Phi) is 12.6. The number of hydrogen-bond acceptors (Lipinski definition) is 5. The zero-order valence-electron chi connectivity index (χ0n) is 18.8. The lowest BCUT2D eigenvalue weighted by atomic mass is 9.98. The number of aliphatic imine (C=N–C) groups is 1.